The van der Waals surface area contributed by atoms with Gasteiger partial charge in [0.05, 0.1) is 12.0 Å². The Balaban J connectivity index is 4.78. The van der Waals surface area contributed by atoms with Gasteiger partial charge in [-0.05, 0) is 19.3 Å². The maximum atomic E-state index is 12.4. The predicted molar refractivity (Wildman–Crippen MR) is 66.0 cm³/mol. The second-order valence-electron chi connectivity index (χ2n) is 4.21. The molecule has 0 bridgehead atoms. The van der Waals surface area contributed by atoms with Crippen molar-refractivity contribution < 1.29 is 9.90 Å². The molecule has 0 saturated heterocycles. The van der Waals surface area contributed by atoms with Gasteiger partial charge in [-0.1, -0.05) is 20.8 Å². The Labute approximate surface area is 98.8 Å². The summed E-state index contributed by atoms with van der Waals surface area (Å²) in [5, 5.41) is 8.97. The lowest BCUT2D eigenvalue weighted by Gasteiger charge is -2.35. The van der Waals surface area contributed by atoms with Gasteiger partial charge in [0.1, 0.15) is 0 Å². The fourth-order valence-electron chi connectivity index (χ4n) is 1.97. The molecule has 0 unspecified atom stereocenters. The molecule has 96 valence electrons. The van der Waals surface area contributed by atoms with Gasteiger partial charge in [-0.25, -0.2) is 0 Å². The maximum Gasteiger partial charge on any atom is 0.230 e. The van der Waals surface area contributed by atoms with Gasteiger partial charge in [0.2, 0.25) is 5.91 Å². The standard InChI is InChI=1S/C12H26N2O2/c1-4-7-14(8-9-15)11(16)12(5-2,6-3)10-13/h15H,4-10,13H2,1-3H3. The lowest BCUT2D eigenvalue weighted by atomic mass is 9.81. The summed E-state index contributed by atoms with van der Waals surface area (Å²) in [6.07, 6.45) is 2.41. The Morgan fingerprint density at radius 2 is 1.81 bits per heavy atom. The summed E-state index contributed by atoms with van der Waals surface area (Å²) in [5.41, 5.74) is 5.31. The summed E-state index contributed by atoms with van der Waals surface area (Å²) in [7, 11) is 0. The van der Waals surface area contributed by atoms with Crippen LogP contribution in [0.5, 0.6) is 0 Å². The van der Waals surface area contributed by atoms with Gasteiger partial charge in [-0.2, -0.15) is 0 Å². The van der Waals surface area contributed by atoms with Gasteiger partial charge >= 0.3 is 0 Å². The molecule has 0 fully saturated rings. The van der Waals surface area contributed by atoms with E-state index in [0.717, 1.165) is 19.3 Å². The Morgan fingerprint density at radius 1 is 1.25 bits per heavy atom. The van der Waals surface area contributed by atoms with E-state index in [4.69, 9.17) is 10.8 Å². The Kier molecular flexibility index (Phi) is 7.34. The van der Waals surface area contributed by atoms with Crippen LogP contribution in [0, 0.1) is 5.41 Å². The SMILES string of the molecule is CCCN(CCO)C(=O)C(CC)(CC)CN. The third kappa shape index (κ3) is 3.46. The maximum absolute atomic E-state index is 12.4. The minimum absolute atomic E-state index is 0.0137. The molecule has 0 aliphatic heterocycles. The Hall–Kier alpha value is -0.610. The fourth-order valence-corrected chi connectivity index (χ4v) is 1.97. The smallest absolute Gasteiger partial charge is 0.230 e. The van der Waals surface area contributed by atoms with Crippen LogP contribution in [0.3, 0.4) is 0 Å². The van der Waals surface area contributed by atoms with Crippen LogP contribution in [0.15, 0.2) is 0 Å². The highest BCUT2D eigenvalue weighted by Crippen LogP contribution is 2.27. The average molecular weight is 230 g/mol. The Bertz CT molecular complexity index is 189. The van der Waals surface area contributed by atoms with E-state index < -0.39 is 5.41 Å². The molecule has 0 aromatic rings. The van der Waals surface area contributed by atoms with Crippen LogP contribution in [0.25, 0.3) is 0 Å². The highest BCUT2D eigenvalue weighted by atomic mass is 16.3. The molecular formula is C12H26N2O2. The highest BCUT2D eigenvalue weighted by Gasteiger charge is 2.36. The van der Waals surface area contributed by atoms with Gasteiger partial charge < -0.3 is 15.7 Å². The normalized spacial score (nSPS) is 11.6. The third-order valence-electron chi connectivity index (χ3n) is 3.35. The number of carbonyl (C=O) groups is 1. The third-order valence-corrected chi connectivity index (χ3v) is 3.35. The largest absolute Gasteiger partial charge is 0.395 e. The number of nitrogens with two attached hydrogens (primary N) is 1. The van der Waals surface area contributed by atoms with E-state index >= 15 is 0 Å². The van der Waals surface area contributed by atoms with E-state index in [1.807, 2.05) is 20.8 Å². The second-order valence-corrected chi connectivity index (χ2v) is 4.21. The van der Waals surface area contributed by atoms with Crippen LogP contribution >= 0.6 is 0 Å². The highest BCUT2D eigenvalue weighted by molar-refractivity contribution is 5.83. The first-order chi connectivity index (χ1) is 7.61. The molecule has 0 rings (SSSR count). The van der Waals surface area contributed by atoms with Crippen molar-refractivity contribution in [1.29, 1.82) is 0 Å². The van der Waals surface area contributed by atoms with Gasteiger partial charge in [0.25, 0.3) is 0 Å². The molecule has 0 atom stereocenters. The summed E-state index contributed by atoms with van der Waals surface area (Å²) >= 11 is 0. The molecule has 16 heavy (non-hydrogen) atoms. The molecule has 0 saturated carbocycles. The molecule has 0 spiro atoms. The Morgan fingerprint density at radius 3 is 2.12 bits per heavy atom. The van der Waals surface area contributed by atoms with Crippen molar-refractivity contribution >= 4 is 5.91 Å². The summed E-state index contributed by atoms with van der Waals surface area (Å²) in [5.74, 6) is 0.0934. The summed E-state index contributed by atoms with van der Waals surface area (Å²) < 4.78 is 0. The van der Waals surface area contributed by atoms with E-state index in [2.05, 4.69) is 0 Å². The number of hydrogen-bond donors (Lipinski definition) is 2. The van der Waals surface area contributed by atoms with E-state index in [1.165, 1.54) is 0 Å². The van der Waals surface area contributed by atoms with E-state index in [-0.39, 0.29) is 12.5 Å². The molecule has 0 aliphatic carbocycles. The quantitative estimate of drug-likeness (QED) is 0.653. The van der Waals surface area contributed by atoms with Crippen LogP contribution in [0.4, 0.5) is 0 Å². The number of aliphatic hydroxyl groups is 1. The zero-order valence-corrected chi connectivity index (χ0v) is 10.8. The molecular weight excluding hydrogens is 204 g/mol. The fraction of sp³-hybridized carbons (Fsp3) is 0.917. The van der Waals surface area contributed by atoms with Crippen LogP contribution in [-0.4, -0.2) is 42.2 Å². The molecule has 0 aromatic carbocycles. The monoisotopic (exact) mass is 230 g/mol. The van der Waals surface area contributed by atoms with Gasteiger partial charge in [0.15, 0.2) is 0 Å². The number of nitrogens with zero attached hydrogens (tertiary/aromatic N) is 1. The lowest BCUT2D eigenvalue weighted by molar-refractivity contribution is -0.142. The van der Waals surface area contributed by atoms with Crippen LogP contribution in [0.1, 0.15) is 40.0 Å². The van der Waals surface area contributed by atoms with Crippen molar-refractivity contribution in [2.75, 3.05) is 26.2 Å². The topological polar surface area (TPSA) is 66.6 Å². The molecule has 1 amide bonds. The molecule has 0 aliphatic rings. The second kappa shape index (κ2) is 7.63. The van der Waals surface area contributed by atoms with Crippen molar-refractivity contribution in [1.82, 2.24) is 4.90 Å². The van der Waals surface area contributed by atoms with Gasteiger partial charge in [0, 0.05) is 19.6 Å². The summed E-state index contributed by atoms with van der Waals surface area (Å²) in [6, 6.07) is 0. The predicted octanol–water partition coefficient (Wildman–Crippen LogP) is 0.982. The number of aliphatic hydroxyl groups excluding tert-OH is 1. The van der Waals surface area contributed by atoms with Crippen molar-refractivity contribution in [3.05, 3.63) is 0 Å². The number of rotatable bonds is 8. The van der Waals surface area contributed by atoms with Crippen molar-refractivity contribution in [2.45, 2.75) is 40.0 Å². The van der Waals surface area contributed by atoms with Crippen LogP contribution in [0.2, 0.25) is 0 Å². The first kappa shape index (κ1) is 15.4. The van der Waals surface area contributed by atoms with Crippen LogP contribution in [-0.2, 0) is 4.79 Å². The van der Waals surface area contributed by atoms with Crippen molar-refractivity contribution in [3.63, 3.8) is 0 Å². The van der Waals surface area contributed by atoms with E-state index in [9.17, 15) is 4.79 Å². The van der Waals surface area contributed by atoms with Gasteiger partial charge in [-0.15, -0.1) is 0 Å². The van der Waals surface area contributed by atoms with Crippen LogP contribution < -0.4 is 5.73 Å². The zero-order valence-electron chi connectivity index (χ0n) is 10.8. The van der Waals surface area contributed by atoms with E-state index in [1.54, 1.807) is 4.90 Å². The van der Waals surface area contributed by atoms with E-state index in [0.29, 0.717) is 19.6 Å². The minimum Gasteiger partial charge on any atom is -0.395 e. The molecule has 0 aromatic heterocycles. The molecule has 4 nitrogen and oxygen atoms in total. The average Bonchev–Trinajstić information content (AvgIpc) is 2.31. The van der Waals surface area contributed by atoms with Crippen molar-refractivity contribution in [3.8, 4) is 0 Å². The molecule has 0 heterocycles. The zero-order chi connectivity index (χ0) is 12.6. The minimum atomic E-state index is -0.440. The first-order valence-corrected chi connectivity index (χ1v) is 6.22. The van der Waals surface area contributed by atoms with Crippen molar-refractivity contribution in [2.24, 2.45) is 11.1 Å². The number of carbonyl (C=O) groups excluding carboxylic acids is 1. The number of hydrogen-bond acceptors (Lipinski definition) is 3. The summed E-state index contributed by atoms with van der Waals surface area (Å²) in [4.78, 5) is 14.1. The molecule has 3 N–H and O–H groups in total. The van der Waals surface area contributed by atoms with Gasteiger partial charge in [-0.3, -0.25) is 4.79 Å². The molecule has 4 heteroatoms. The first-order valence-electron chi connectivity index (χ1n) is 6.22. The lowest BCUT2D eigenvalue weighted by Crippen LogP contribution is -2.48. The number of amides is 1. The summed E-state index contributed by atoms with van der Waals surface area (Å²) in [6.45, 7) is 7.52. The molecule has 0 radical (unpaired) electrons.